The molecule has 2 aliphatic rings. The first-order valence-electron chi connectivity index (χ1n) is 11.4. The number of aliphatic hydroxyl groups excluding tert-OH is 2. The number of hydrogen-bond donors (Lipinski definition) is 3. The van der Waals surface area contributed by atoms with E-state index in [-0.39, 0.29) is 35.5 Å². The molecule has 35 heavy (non-hydrogen) atoms. The molecule has 1 aromatic carbocycles. The van der Waals surface area contributed by atoms with Crippen LogP contribution in [0, 0.1) is 6.92 Å². The molecule has 0 bridgehead atoms. The number of imide groups is 1. The van der Waals surface area contributed by atoms with Gasteiger partial charge in [0.1, 0.15) is 6.61 Å². The average Bonchev–Trinajstić information content (AvgIpc) is 3.29. The van der Waals surface area contributed by atoms with Crippen molar-refractivity contribution in [1.29, 1.82) is 0 Å². The summed E-state index contributed by atoms with van der Waals surface area (Å²) in [7, 11) is 0. The molecule has 0 saturated carbocycles. The van der Waals surface area contributed by atoms with Crippen LogP contribution in [-0.4, -0.2) is 62.3 Å². The van der Waals surface area contributed by atoms with Crippen LogP contribution in [0.4, 0.5) is 0 Å². The van der Waals surface area contributed by atoms with Crippen molar-refractivity contribution in [3.05, 3.63) is 79.5 Å². The van der Waals surface area contributed by atoms with Crippen molar-refractivity contribution in [3.63, 3.8) is 0 Å². The zero-order valence-corrected chi connectivity index (χ0v) is 19.2. The van der Waals surface area contributed by atoms with Gasteiger partial charge in [-0.25, -0.2) is 4.79 Å². The van der Waals surface area contributed by atoms with Crippen molar-refractivity contribution in [2.24, 2.45) is 0 Å². The van der Waals surface area contributed by atoms with Crippen LogP contribution in [0.2, 0.25) is 0 Å². The summed E-state index contributed by atoms with van der Waals surface area (Å²) in [6, 6.07) is 6.78. The van der Waals surface area contributed by atoms with Crippen molar-refractivity contribution in [3.8, 4) is 0 Å². The molecule has 1 unspecified atom stereocenters. The molecule has 186 valence electrons. The number of fused-ring (bicyclic) bond motifs is 1. The van der Waals surface area contributed by atoms with Crippen molar-refractivity contribution >= 4 is 11.8 Å². The zero-order chi connectivity index (χ0) is 25.1. The van der Waals surface area contributed by atoms with E-state index >= 15 is 0 Å². The molecule has 1 aromatic heterocycles. The van der Waals surface area contributed by atoms with Crippen molar-refractivity contribution in [1.82, 2.24) is 14.5 Å². The van der Waals surface area contributed by atoms with Crippen molar-refractivity contribution in [2.75, 3.05) is 19.8 Å². The highest BCUT2D eigenvalue weighted by Gasteiger charge is 2.39. The molecule has 2 aliphatic heterocycles. The molecule has 2 amide bonds. The number of carbonyl (C=O) groups is 2. The number of rotatable bonds is 10. The van der Waals surface area contributed by atoms with Gasteiger partial charge >= 0.3 is 5.69 Å². The van der Waals surface area contributed by atoms with Gasteiger partial charge in [-0.05, 0) is 31.9 Å². The Kier molecular flexibility index (Phi) is 7.17. The first-order valence-corrected chi connectivity index (χ1v) is 11.4. The highest BCUT2D eigenvalue weighted by molar-refractivity contribution is 6.21. The van der Waals surface area contributed by atoms with Gasteiger partial charge in [0.2, 0.25) is 6.23 Å². The Bertz CT molecular complexity index is 1240. The largest absolute Gasteiger partial charge is 0.491 e. The van der Waals surface area contributed by atoms with E-state index < -0.39 is 30.2 Å². The van der Waals surface area contributed by atoms with Crippen LogP contribution in [0.15, 0.2) is 51.6 Å². The standard InChI is InChI=1S/C24H27N3O8/c1-14-12-27(24(33)25-20(14)30)23-18(29)19(17(13-28)35-23)34-11-7-3-2-6-10-26-21(31)15-8-4-5-9-16(15)22(26)32/h4-5,8-9,12,18,23,28-29H,2-3,6-7,10-11,13H2,1H3,(H,25,30,33)/t18?,23-/m1/s1. The second-order valence-electron chi connectivity index (χ2n) is 8.45. The Morgan fingerprint density at radius 3 is 2.34 bits per heavy atom. The van der Waals surface area contributed by atoms with Gasteiger partial charge in [-0.15, -0.1) is 0 Å². The first-order chi connectivity index (χ1) is 16.8. The van der Waals surface area contributed by atoms with Gasteiger partial charge in [-0.3, -0.25) is 28.8 Å². The Balaban J connectivity index is 1.23. The Labute approximate surface area is 200 Å². The van der Waals surface area contributed by atoms with Gasteiger partial charge in [-0.1, -0.05) is 25.0 Å². The molecule has 4 rings (SSSR count). The number of aryl methyl sites for hydroxylation is 1. The molecule has 11 nitrogen and oxygen atoms in total. The number of benzene rings is 1. The number of aromatic amines is 1. The Morgan fingerprint density at radius 1 is 1.03 bits per heavy atom. The van der Waals surface area contributed by atoms with Crippen LogP contribution in [-0.2, 0) is 9.47 Å². The van der Waals surface area contributed by atoms with E-state index in [0.717, 1.165) is 17.4 Å². The predicted octanol–water partition coefficient (Wildman–Crippen LogP) is 0.812. The fraction of sp³-hybridized carbons (Fsp3) is 0.417. The molecule has 11 heteroatoms. The number of H-pyrrole nitrogens is 1. The van der Waals surface area contributed by atoms with Crippen LogP contribution in [0.3, 0.4) is 0 Å². The number of nitrogens with one attached hydrogen (secondary N) is 1. The van der Waals surface area contributed by atoms with E-state index in [1.54, 1.807) is 24.3 Å². The maximum Gasteiger partial charge on any atom is 0.331 e. The number of aromatic nitrogens is 2. The van der Waals surface area contributed by atoms with E-state index in [4.69, 9.17) is 9.47 Å². The van der Waals surface area contributed by atoms with Gasteiger partial charge in [0, 0.05) is 18.3 Å². The molecule has 0 saturated heterocycles. The molecule has 3 heterocycles. The fourth-order valence-electron chi connectivity index (χ4n) is 4.18. The minimum atomic E-state index is -1.34. The number of nitrogens with zero attached hydrogens (tertiary/aromatic N) is 2. The molecular weight excluding hydrogens is 458 g/mol. The third-order valence-corrected chi connectivity index (χ3v) is 6.05. The maximum absolute atomic E-state index is 12.4. The number of hydrogen-bond acceptors (Lipinski definition) is 8. The van der Waals surface area contributed by atoms with Gasteiger partial charge < -0.3 is 19.7 Å². The average molecular weight is 485 g/mol. The fourth-order valence-corrected chi connectivity index (χ4v) is 4.18. The molecule has 0 fully saturated rings. The van der Waals surface area contributed by atoms with Crippen LogP contribution in [0.1, 0.15) is 58.2 Å². The third kappa shape index (κ3) is 4.77. The first kappa shape index (κ1) is 24.4. The highest BCUT2D eigenvalue weighted by atomic mass is 16.6. The minimum absolute atomic E-state index is 0.0175. The topological polar surface area (TPSA) is 151 Å². The lowest BCUT2D eigenvalue weighted by Crippen LogP contribution is -2.37. The number of ether oxygens (including phenoxy) is 2. The number of unbranched alkanes of at least 4 members (excludes halogenated alkanes) is 3. The lowest BCUT2D eigenvalue weighted by molar-refractivity contribution is -0.0212. The van der Waals surface area contributed by atoms with Gasteiger partial charge in [0.15, 0.2) is 17.6 Å². The summed E-state index contributed by atoms with van der Waals surface area (Å²) in [6.45, 7) is 1.57. The second kappa shape index (κ2) is 10.3. The number of aliphatic hydroxyl groups is 2. The monoisotopic (exact) mass is 485 g/mol. The van der Waals surface area contributed by atoms with E-state index in [2.05, 4.69) is 4.98 Å². The molecule has 2 atom stereocenters. The molecule has 0 aliphatic carbocycles. The summed E-state index contributed by atoms with van der Waals surface area (Å²) in [5, 5.41) is 20.2. The number of amides is 2. The van der Waals surface area contributed by atoms with Gasteiger partial charge in [0.25, 0.3) is 17.4 Å². The summed E-state index contributed by atoms with van der Waals surface area (Å²) in [6.07, 6.45) is 1.56. The maximum atomic E-state index is 12.4. The summed E-state index contributed by atoms with van der Waals surface area (Å²) in [5.41, 5.74) is -0.140. The van der Waals surface area contributed by atoms with Gasteiger partial charge in [-0.2, -0.15) is 0 Å². The summed E-state index contributed by atoms with van der Waals surface area (Å²) < 4.78 is 12.2. The van der Waals surface area contributed by atoms with E-state index in [0.29, 0.717) is 30.5 Å². The van der Waals surface area contributed by atoms with Gasteiger partial charge in [0.05, 0.1) is 17.7 Å². The van der Waals surface area contributed by atoms with Crippen molar-refractivity contribution in [2.45, 2.75) is 44.9 Å². The summed E-state index contributed by atoms with van der Waals surface area (Å²) >= 11 is 0. The number of carbonyl (C=O) groups excluding carboxylic acids is 2. The molecule has 0 radical (unpaired) electrons. The van der Waals surface area contributed by atoms with Crippen LogP contribution >= 0.6 is 0 Å². The lowest BCUT2D eigenvalue weighted by atomic mass is 10.1. The Morgan fingerprint density at radius 2 is 1.69 bits per heavy atom. The molecule has 2 aromatic rings. The van der Waals surface area contributed by atoms with Crippen molar-refractivity contribution < 1.29 is 29.3 Å². The SMILES string of the molecule is Cc1cn([C@@H]2OC(CO)=C(OCCCCCCN3C(=O)c4ccccc4C3=O)C2O)c(=O)[nH]c1=O. The third-order valence-electron chi connectivity index (χ3n) is 6.05. The van der Waals surface area contributed by atoms with Crippen LogP contribution in [0.5, 0.6) is 0 Å². The molecule has 3 N–H and O–H groups in total. The minimum Gasteiger partial charge on any atom is -0.491 e. The van der Waals surface area contributed by atoms with E-state index in [1.165, 1.54) is 18.0 Å². The van der Waals surface area contributed by atoms with E-state index in [9.17, 15) is 29.4 Å². The summed E-state index contributed by atoms with van der Waals surface area (Å²) in [5.74, 6) is -0.471. The smallest absolute Gasteiger partial charge is 0.331 e. The zero-order valence-electron chi connectivity index (χ0n) is 19.2. The predicted molar refractivity (Wildman–Crippen MR) is 123 cm³/mol. The second-order valence-corrected chi connectivity index (χ2v) is 8.45. The summed E-state index contributed by atoms with van der Waals surface area (Å²) in [4.78, 5) is 51.9. The normalized spacial score (nSPS) is 19.3. The van der Waals surface area contributed by atoms with Crippen LogP contribution in [0.25, 0.3) is 0 Å². The quantitative estimate of drug-likeness (QED) is 0.330. The lowest BCUT2D eigenvalue weighted by Gasteiger charge is -2.19. The molecule has 0 spiro atoms. The molecular formula is C24H27N3O8. The van der Waals surface area contributed by atoms with E-state index in [1.807, 2.05) is 0 Å². The Hall–Kier alpha value is -3.70. The highest BCUT2D eigenvalue weighted by Crippen LogP contribution is 2.32. The van der Waals surface area contributed by atoms with Crippen LogP contribution < -0.4 is 11.2 Å².